The van der Waals surface area contributed by atoms with Gasteiger partial charge in [0.15, 0.2) is 0 Å². The molecule has 2 aromatic rings. The first-order chi connectivity index (χ1) is 9.20. The Hall–Kier alpha value is -1.63. The van der Waals surface area contributed by atoms with Gasteiger partial charge in [0, 0.05) is 31.9 Å². The van der Waals surface area contributed by atoms with Crippen LogP contribution in [0.1, 0.15) is 18.9 Å². The molecular formula is C12H17BrN6. The van der Waals surface area contributed by atoms with Crippen molar-refractivity contribution in [3.05, 3.63) is 28.8 Å². The molecule has 0 fully saturated rings. The summed E-state index contributed by atoms with van der Waals surface area (Å²) in [6.07, 6.45) is 6.40. The van der Waals surface area contributed by atoms with Crippen molar-refractivity contribution in [1.82, 2.24) is 19.7 Å². The van der Waals surface area contributed by atoms with Crippen molar-refractivity contribution in [2.45, 2.75) is 19.9 Å². The van der Waals surface area contributed by atoms with Gasteiger partial charge in [-0.3, -0.25) is 4.68 Å². The summed E-state index contributed by atoms with van der Waals surface area (Å²) in [4.78, 5) is 8.44. The van der Waals surface area contributed by atoms with Gasteiger partial charge in [-0.2, -0.15) is 5.10 Å². The predicted octanol–water partition coefficient (Wildman–Crippen LogP) is 2.41. The Kier molecular flexibility index (Phi) is 4.73. The molecule has 0 bridgehead atoms. The zero-order valence-electron chi connectivity index (χ0n) is 11.0. The van der Waals surface area contributed by atoms with E-state index < -0.39 is 0 Å². The molecule has 0 saturated heterocycles. The van der Waals surface area contributed by atoms with Crippen molar-refractivity contribution in [1.29, 1.82) is 0 Å². The molecule has 2 rings (SSSR count). The van der Waals surface area contributed by atoms with Gasteiger partial charge in [-0.1, -0.05) is 6.92 Å². The van der Waals surface area contributed by atoms with Crippen LogP contribution >= 0.6 is 15.9 Å². The van der Waals surface area contributed by atoms with E-state index >= 15 is 0 Å². The number of nitrogens with zero attached hydrogens (tertiary/aromatic N) is 4. The van der Waals surface area contributed by atoms with Crippen LogP contribution in [0.25, 0.3) is 0 Å². The first-order valence-electron chi connectivity index (χ1n) is 6.16. The monoisotopic (exact) mass is 324 g/mol. The van der Waals surface area contributed by atoms with E-state index in [4.69, 9.17) is 0 Å². The maximum absolute atomic E-state index is 4.23. The third-order valence-electron chi connectivity index (χ3n) is 2.55. The van der Waals surface area contributed by atoms with Gasteiger partial charge in [-0.25, -0.2) is 9.97 Å². The van der Waals surface area contributed by atoms with Crippen LogP contribution in [0.4, 0.5) is 11.6 Å². The number of hydrogen-bond acceptors (Lipinski definition) is 5. The van der Waals surface area contributed by atoms with Crippen LogP contribution in [0.3, 0.4) is 0 Å². The number of aromatic nitrogens is 4. The molecule has 0 aliphatic heterocycles. The molecule has 19 heavy (non-hydrogen) atoms. The van der Waals surface area contributed by atoms with Gasteiger partial charge in [0.2, 0.25) is 0 Å². The average Bonchev–Trinajstić information content (AvgIpc) is 2.82. The van der Waals surface area contributed by atoms with Crippen LogP contribution < -0.4 is 10.6 Å². The molecule has 102 valence electrons. The molecule has 0 amide bonds. The highest BCUT2D eigenvalue weighted by Crippen LogP contribution is 2.26. The molecule has 7 heteroatoms. The SMILES string of the molecule is CCCNc1ncnc(NCc2cnn(C)c2)c1Br. The zero-order chi connectivity index (χ0) is 13.7. The molecule has 0 aromatic carbocycles. The lowest BCUT2D eigenvalue weighted by atomic mass is 10.3. The zero-order valence-corrected chi connectivity index (χ0v) is 12.6. The van der Waals surface area contributed by atoms with E-state index in [-0.39, 0.29) is 0 Å². The summed E-state index contributed by atoms with van der Waals surface area (Å²) in [5.74, 6) is 1.59. The average molecular weight is 325 g/mol. The number of hydrogen-bond donors (Lipinski definition) is 2. The summed E-state index contributed by atoms with van der Waals surface area (Å²) >= 11 is 3.52. The predicted molar refractivity (Wildman–Crippen MR) is 79.0 cm³/mol. The highest BCUT2D eigenvalue weighted by Gasteiger charge is 2.08. The van der Waals surface area contributed by atoms with Crippen molar-refractivity contribution in [2.75, 3.05) is 17.2 Å². The smallest absolute Gasteiger partial charge is 0.146 e. The van der Waals surface area contributed by atoms with E-state index in [0.29, 0.717) is 6.54 Å². The fourth-order valence-corrected chi connectivity index (χ4v) is 2.09. The van der Waals surface area contributed by atoms with Gasteiger partial charge in [-0.05, 0) is 22.4 Å². The highest BCUT2D eigenvalue weighted by molar-refractivity contribution is 9.10. The Morgan fingerprint density at radius 2 is 2.00 bits per heavy atom. The molecule has 2 heterocycles. The van der Waals surface area contributed by atoms with E-state index in [0.717, 1.165) is 34.6 Å². The second kappa shape index (κ2) is 6.51. The molecule has 0 saturated carbocycles. The van der Waals surface area contributed by atoms with E-state index in [1.54, 1.807) is 11.0 Å². The standard InChI is InChI=1S/C12H17BrN6/c1-3-4-14-11-10(13)12(17-8-16-11)15-5-9-6-18-19(2)7-9/h6-8H,3-5H2,1-2H3,(H2,14,15,16,17). The van der Waals surface area contributed by atoms with Gasteiger partial charge in [0.25, 0.3) is 0 Å². The Labute approximate surface area is 120 Å². The van der Waals surface area contributed by atoms with Crippen LogP contribution in [0.2, 0.25) is 0 Å². The van der Waals surface area contributed by atoms with Crippen LogP contribution in [0.15, 0.2) is 23.2 Å². The minimum atomic E-state index is 0.677. The first kappa shape index (κ1) is 13.8. The molecule has 6 nitrogen and oxygen atoms in total. The molecular weight excluding hydrogens is 308 g/mol. The quantitative estimate of drug-likeness (QED) is 0.854. The Morgan fingerprint density at radius 3 is 2.63 bits per heavy atom. The van der Waals surface area contributed by atoms with Crippen LogP contribution in [0, 0.1) is 0 Å². The Morgan fingerprint density at radius 1 is 1.26 bits per heavy atom. The van der Waals surface area contributed by atoms with Gasteiger partial charge in [-0.15, -0.1) is 0 Å². The van der Waals surface area contributed by atoms with Gasteiger partial charge < -0.3 is 10.6 Å². The van der Waals surface area contributed by atoms with E-state index in [2.05, 4.69) is 48.6 Å². The minimum absolute atomic E-state index is 0.677. The number of anilines is 2. The van der Waals surface area contributed by atoms with Crippen molar-refractivity contribution in [2.24, 2.45) is 7.05 Å². The maximum atomic E-state index is 4.23. The summed E-state index contributed by atoms with van der Waals surface area (Å²) in [6.45, 7) is 3.68. The van der Waals surface area contributed by atoms with Crippen LogP contribution in [-0.2, 0) is 13.6 Å². The third kappa shape index (κ3) is 3.66. The fraction of sp³-hybridized carbons (Fsp3) is 0.417. The van der Waals surface area contributed by atoms with Crippen molar-refractivity contribution in [3.63, 3.8) is 0 Å². The van der Waals surface area contributed by atoms with Crippen molar-refractivity contribution >= 4 is 27.6 Å². The van der Waals surface area contributed by atoms with Crippen molar-refractivity contribution in [3.8, 4) is 0 Å². The molecule has 0 radical (unpaired) electrons. The largest absolute Gasteiger partial charge is 0.369 e. The lowest BCUT2D eigenvalue weighted by Crippen LogP contribution is -2.07. The minimum Gasteiger partial charge on any atom is -0.369 e. The summed E-state index contributed by atoms with van der Waals surface area (Å²) in [6, 6.07) is 0. The Balaban J connectivity index is 2.03. The molecule has 2 aromatic heterocycles. The maximum Gasteiger partial charge on any atom is 0.146 e. The molecule has 2 N–H and O–H groups in total. The third-order valence-corrected chi connectivity index (χ3v) is 3.30. The summed E-state index contributed by atoms with van der Waals surface area (Å²) < 4.78 is 2.63. The Bertz CT molecular complexity index is 539. The first-order valence-corrected chi connectivity index (χ1v) is 6.95. The summed E-state index contributed by atoms with van der Waals surface area (Å²) in [5.41, 5.74) is 1.11. The molecule has 0 spiro atoms. The number of rotatable bonds is 6. The summed E-state index contributed by atoms with van der Waals surface area (Å²) in [7, 11) is 1.90. The fourth-order valence-electron chi connectivity index (χ4n) is 1.61. The van der Waals surface area contributed by atoms with Crippen LogP contribution in [0.5, 0.6) is 0 Å². The molecule has 0 atom stereocenters. The number of aryl methyl sites for hydroxylation is 1. The second-order valence-corrected chi connectivity index (χ2v) is 4.98. The van der Waals surface area contributed by atoms with Gasteiger partial charge in [0.1, 0.15) is 22.4 Å². The van der Waals surface area contributed by atoms with E-state index in [1.807, 2.05) is 19.4 Å². The lowest BCUT2D eigenvalue weighted by molar-refractivity contribution is 0.767. The van der Waals surface area contributed by atoms with E-state index in [9.17, 15) is 0 Å². The molecule has 0 unspecified atom stereocenters. The number of halogens is 1. The second-order valence-electron chi connectivity index (χ2n) is 4.19. The van der Waals surface area contributed by atoms with Crippen molar-refractivity contribution < 1.29 is 0 Å². The number of nitrogens with one attached hydrogen (secondary N) is 2. The molecule has 0 aliphatic rings. The molecule has 0 aliphatic carbocycles. The summed E-state index contributed by atoms with van der Waals surface area (Å²) in [5, 5.41) is 10.6. The van der Waals surface area contributed by atoms with E-state index in [1.165, 1.54) is 0 Å². The highest BCUT2D eigenvalue weighted by atomic mass is 79.9. The van der Waals surface area contributed by atoms with Gasteiger partial charge >= 0.3 is 0 Å². The van der Waals surface area contributed by atoms with Gasteiger partial charge in [0.05, 0.1) is 6.20 Å². The topological polar surface area (TPSA) is 67.7 Å². The lowest BCUT2D eigenvalue weighted by Gasteiger charge is -2.10. The normalized spacial score (nSPS) is 10.5. The van der Waals surface area contributed by atoms with Crippen LogP contribution in [-0.4, -0.2) is 26.3 Å².